The molecule has 1 amide bonds. The number of amides is 1. The zero-order chi connectivity index (χ0) is 18.6. The van der Waals surface area contributed by atoms with Gasteiger partial charge in [0.2, 0.25) is 10.0 Å². The summed E-state index contributed by atoms with van der Waals surface area (Å²) in [7, 11) is -3.79. The van der Waals surface area contributed by atoms with Gasteiger partial charge in [-0.05, 0) is 29.6 Å². The second kappa shape index (κ2) is 7.97. The van der Waals surface area contributed by atoms with Crippen LogP contribution in [0, 0.1) is 11.3 Å². The van der Waals surface area contributed by atoms with E-state index in [0.29, 0.717) is 23.7 Å². The van der Waals surface area contributed by atoms with E-state index in [4.69, 9.17) is 16.9 Å². The normalized spacial score (nSPS) is 11.3. The van der Waals surface area contributed by atoms with Crippen molar-refractivity contribution in [3.8, 4) is 6.07 Å². The van der Waals surface area contributed by atoms with Gasteiger partial charge in [-0.3, -0.25) is 4.79 Å². The quantitative estimate of drug-likeness (QED) is 0.806. The molecule has 1 heterocycles. The van der Waals surface area contributed by atoms with Crippen LogP contribution in [0.3, 0.4) is 0 Å². The van der Waals surface area contributed by atoms with Crippen LogP contribution in [0.4, 0.5) is 5.00 Å². The predicted molar refractivity (Wildman–Crippen MR) is 98.5 cm³/mol. The summed E-state index contributed by atoms with van der Waals surface area (Å²) in [6, 6.07) is 7.65. The van der Waals surface area contributed by atoms with Gasteiger partial charge >= 0.3 is 0 Å². The average Bonchev–Trinajstić information content (AvgIpc) is 3.03. The van der Waals surface area contributed by atoms with E-state index in [1.54, 1.807) is 25.3 Å². The van der Waals surface area contributed by atoms with Crippen LogP contribution in [0.1, 0.15) is 29.8 Å². The first kappa shape index (κ1) is 19.4. The Morgan fingerprint density at radius 2 is 2.00 bits per heavy atom. The molecule has 0 radical (unpaired) electrons. The zero-order valence-electron chi connectivity index (χ0n) is 13.6. The molecule has 0 saturated carbocycles. The van der Waals surface area contributed by atoms with E-state index in [2.05, 4.69) is 5.32 Å². The number of nitriles is 1. The van der Waals surface area contributed by atoms with Gasteiger partial charge in [0.05, 0.1) is 10.6 Å². The zero-order valence-corrected chi connectivity index (χ0v) is 16.0. The van der Waals surface area contributed by atoms with Crippen LogP contribution in [0.2, 0.25) is 5.02 Å². The van der Waals surface area contributed by atoms with Crippen molar-refractivity contribution in [3.63, 3.8) is 0 Å². The molecule has 0 saturated heterocycles. The highest BCUT2D eigenvalue weighted by atomic mass is 35.5. The number of sulfonamides is 1. The minimum atomic E-state index is -3.79. The maximum Gasteiger partial charge on any atom is 0.256 e. The minimum Gasteiger partial charge on any atom is -0.312 e. The highest BCUT2D eigenvalue weighted by molar-refractivity contribution is 7.89. The van der Waals surface area contributed by atoms with Crippen LogP contribution in [-0.2, 0) is 10.0 Å². The van der Waals surface area contributed by atoms with Crippen molar-refractivity contribution >= 4 is 43.9 Å². The van der Waals surface area contributed by atoms with Crippen molar-refractivity contribution in [3.05, 3.63) is 45.8 Å². The number of carbonyl (C=O) groups is 1. The van der Waals surface area contributed by atoms with Gasteiger partial charge in [-0.15, -0.1) is 11.3 Å². The lowest BCUT2D eigenvalue weighted by Gasteiger charge is -2.19. The molecule has 0 aliphatic heterocycles. The van der Waals surface area contributed by atoms with Gasteiger partial charge in [0.25, 0.3) is 5.91 Å². The lowest BCUT2D eigenvalue weighted by atomic mass is 10.2. The Labute approximate surface area is 155 Å². The summed E-state index contributed by atoms with van der Waals surface area (Å²) < 4.78 is 26.6. The molecule has 9 heteroatoms. The number of anilines is 1. The van der Waals surface area contributed by atoms with Crippen molar-refractivity contribution in [2.75, 3.05) is 18.4 Å². The van der Waals surface area contributed by atoms with E-state index in [1.165, 1.54) is 33.8 Å². The fourth-order valence-corrected chi connectivity index (χ4v) is 4.91. The molecule has 2 rings (SSSR count). The number of hydrogen-bond donors (Lipinski definition) is 1. The molecule has 0 atom stereocenters. The number of nitrogens with zero attached hydrogens (tertiary/aromatic N) is 2. The van der Waals surface area contributed by atoms with E-state index in [0.717, 1.165) is 0 Å². The molecule has 6 nitrogen and oxygen atoms in total. The van der Waals surface area contributed by atoms with Crippen molar-refractivity contribution in [1.82, 2.24) is 4.31 Å². The largest absolute Gasteiger partial charge is 0.312 e. The van der Waals surface area contributed by atoms with E-state index < -0.39 is 15.9 Å². The minimum absolute atomic E-state index is 0.0530. The van der Waals surface area contributed by atoms with E-state index >= 15 is 0 Å². The fourth-order valence-electron chi connectivity index (χ4n) is 2.21. The number of rotatable bonds is 6. The number of carbonyl (C=O) groups excluding carboxylic acids is 1. The van der Waals surface area contributed by atoms with Crippen LogP contribution in [0.5, 0.6) is 0 Å². The van der Waals surface area contributed by atoms with Gasteiger partial charge in [0.15, 0.2) is 0 Å². The lowest BCUT2D eigenvalue weighted by molar-refractivity contribution is 0.102. The first-order valence-electron chi connectivity index (χ1n) is 7.43. The third-order valence-electron chi connectivity index (χ3n) is 3.53. The average molecular weight is 398 g/mol. The smallest absolute Gasteiger partial charge is 0.256 e. The highest BCUT2D eigenvalue weighted by Crippen LogP contribution is 2.27. The Balaban J connectivity index is 2.39. The molecule has 0 aliphatic rings. The van der Waals surface area contributed by atoms with Gasteiger partial charge in [0, 0.05) is 18.7 Å². The Hall–Kier alpha value is -1.92. The summed E-state index contributed by atoms with van der Waals surface area (Å²) in [6.07, 6.45) is 0. The standard InChI is InChI=1S/C16H16ClN3O3S2/c1-3-20(4-2)25(22,23)14-9-11(5-6-13(14)17)15(21)19-16-12(10-18)7-8-24-16/h5-9H,3-4H2,1-2H3,(H,19,21). The maximum absolute atomic E-state index is 12.7. The van der Waals surface area contributed by atoms with Gasteiger partial charge in [-0.25, -0.2) is 8.42 Å². The van der Waals surface area contributed by atoms with Gasteiger partial charge in [-0.1, -0.05) is 25.4 Å². The molecule has 25 heavy (non-hydrogen) atoms. The number of thiophene rings is 1. The Morgan fingerprint density at radius 1 is 1.32 bits per heavy atom. The summed E-state index contributed by atoms with van der Waals surface area (Å²) in [5.74, 6) is -0.508. The fraction of sp³-hybridized carbons (Fsp3) is 0.250. The Bertz CT molecular complexity index is 928. The number of benzene rings is 1. The predicted octanol–water partition coefficient (Wildman–Crippen LogP) is 3.56. The third kappa shape index (κ3) is 4.02. The van der Waals surface area contributed by atoms with Gasteiger partial charge in [0.1, 0.15) is 16.0 Å². The first-order chi connectivity index (χ1) is 11.8. The van der Waals surface area contributed by atoms with Crippen molar-refractivity contribution in [1.29, 1.82) is 5.26 Å². The molecule has 2 aromatic rings. The molecule has 1 aromatic carbocycles. The third-order valence-corrected chi connectivity index (χ3v) is 6.89. The van der Waals surface area contributed by atoms with E-state index in [9.17, 15) is 13.2 Å². The molecule has 0 bridgehead atoms. The van der Waals surface area contributed by atoms with Crippen LogP contribution < -0.4 is 5.32 Å². The Kier molecular flexibility index (Phi) is 6.19. The topological polar surface area (TPSA) is 90.3 Å². The molecule has 1 N–H and O–H groups in total. The van der Waals surface area contributed by atoms with Crippen molar-refractivity contribution in [2.24, 2.45) is 0 Å². The molecule has 132 valence electrons. The number of halogens is 1. The van der Waals surface area contributed by atoms with Gasteiger partial charge < -0.3 is 5.32 Å². The molecule has 0 fully saturated rings. The molecular formula is C16H16ClN3O3S2. The van der Waals surface area contributed by atoms with Gasteiger partial charge in [-0.2, -0.15) is 9.57 Å². The highest BCUT2D eigenvalue weighted by Gasteiger charge is 2.25. The van der Waals surface area contributed by atoms with E-state index in [1.807, 2.05) is 6.07 Å². The lowest BCUT2D eigenvalue weighted by Crippen LogP contribution is -2.31. The summed E-state index contributed by atoms with van der Waals surface area (Å²) in [5, 5.41) is 13.8. The van der Waals surface area contributed by atoms with Crippen LogP contribution >= 0.6 is 22.9 Å². The molecule has 0 spiro atoms. The van der Waals surface area contributed by atoms with Crippen molar-refractivity contribution in [2.45, 2.75) is 18.7 Å². The molecule has 0 unspecified atom stereocenters. The first-order valence-corrected chi connectivity index (χ1v) is 10.1. The number of hydrogen-bond acceptors (Lipinski definition) is 5. The summed E-state index contributed by atoms with van der Waals surface area (Å²) >= 11 is 7.27. The monoisotopic (exact) mass is 397 g/mol. The van der Waals surface area contributed by atoms with Crippen LogP contribution in [0.25, 0.3) is 0 Å². The summed E-state index contributed by atoms with van der Waals surface area (Å²) in [5.41, 5.74) is 0.496. The molecule has 0 aliphatic carbocycles. The van der Waals surface area contributed by atoms with Crippen LogP contribution in [-0.4, -0.2) is 31.7 Å². The molecular weight excluding hydrogens is 382 g/mol. The Morgan fingerprint density at radius 3 is 2.60 bits per heavy atom. The SMILES string of the molecule is CCN(CC)S(=O)(=O)c1cc(C(=O)Nc2sccc2C#N)ccc1Cl. The van der Waals surface area contributed by atoms with Crippen molar-refractivity contribution < 1.29 is 13.2 Å². The van der Waals surface area contributed by atoms with Crippen LogP contribution in [0.15, 0.2) is 34.5 Å². The van der Waals surface area contributed by atoms with E-state index in [-0.39, 0.29) is 15.5 Å². The summed E-state index contributed by atoms with van der Waals surface area (Å²) in [6.45, 7) is 4.05. The maximum atomic E-state index is 12.7. The second-order valence-electron chi connectivity index (χ2n) is 4.96. The second-order valence-corrected chi connectivity index (χ2v) is 8.19. The number of nitrogens with one attached hydrogen (secondary N) is 1. The summed E-state index contributed by atoms with van der Waals surface area (Å²) in [4.78, 5) is 12.3. The molecule has 1 aromatic heterocycles.